The van der Waals surface area contributed by atoms with Crippen LogP contribution in [0.25, 0.3) is 11.4 Å². The van der Waals surface area contributed by atoms with Crippen LogP contribution in [0.4, 0.5) is 5.00 Å². The quantitative estimate of drug-likeness (QED) is 0.816. The molecule has 0 atom stereocenters. The Hall–Kier alpha value is -1.36. The molecule has 72 valence electrons. The van der Waals surface area contributed by atoms with Crippen LogP contribution in [-0.4, -0.2) is 14.8 Å². The van der Waals surface area contributed by atoms with Gasteiger partial charge >= 0.3 is 0 Å². The molecule has 0 bridgehead atoms. The molecule has 0 saturated heterocycles. The predicted molar refractivity (Wildman–Crippen MR) is 56.0 cm³/mol. The van der Waals surface area contributed by atoms with Gasteiger partial charge in [0.1, 0.15) is 6.33 Å². The lowest BCUT2D eigenvalue weighted by molar-refractivity contribution is 0.746. The zero-order chi connectivity index (χ0) is 9.54. The second kappa shape index (κ2) is 2.81. The Morgan fingerprint density at radius 2 is 2.36 bits per heavy atom. The minimum atomic E-state index is 0.597. The van der Waals surface area contributed by atoms with E-state index in [-0.39, 0.29) is 0 Å². The molecule has 5 heteroatoms. The lowest BCUT2D eigenvalue weighted by atomic mass is 10.3. The van der Waals surface area contributed by atoms with Gasteiger partial charge in [0.2, 0.25) is 0 Å². The Morgan fingerprint density at radius 1 is 1.50 bits per heavy atom. The van der Waals surface area contributed by atoms with Crippen LogP contribution in [0.3, 0.4) is 0 Å². The van der Waals surface area contributed by atoms with Gasteiger partial charge in [-0.2, -0.15) is 0 Å². The van der Waals surface area contributed by atoms with Gasteiger partial charge in [0.25, 0.3) is 0 Å². The van der Waals surface area contributed by atoms with E-state index < -0.39 is 0 Å². The second-order valence-corrected chi connectivity index (χ2v) is 4.44. The number of aromatic nitrogens is 3. The molecule has 0 radical (unpaired) electrons. The molecule has 2 N–H and O–H groups in total. The predicted octanol–water partition coefficient (Wildman–Crippen LogP) is 1.92. The molecule has 14 heavy (non-hydrogen) atoms. The van der Waals surface area contributed by atoms with Crippen LogP contribution in [0, 0.1) is 0 Å². The van der Waals surface area contributed by atoms with E-state index in [9.17, 15) is 0 Å². The maximum atomic E-state index is 5.86. The first-order chi connectivity index (χ1) is 6.86. The highest BCUT2D eigenvalue weighted by Gasteiger charge is 2.27. The fraction of sp³-hybridized carbons (Fsp3) is 0.333. The molecule has 4 nitrogen and oxygen atoms in total. The molecule has 2 aromatic rings. The van der Waals surface area contributed by atoms with Gasteiger partial charge in [0.15, 0.2) is 5.82 Å². The van der Waals surface area contributed by atoms with Crippen LogP contribution in [-0.2, 0) is 0 Å². The number of nitrogen functional groups attached to an aromatic ring is 1. The van der Waals surface area contributed by atoms with Crippen LogP contribution >= 0.6 is 11.3 Å². The minimum absolute atomic E-state index is 0.597. The van der Waals surface area contributed by atoms with Crippen molar-refractivity contribution in [3.63, 3.8) is 0 Å². The van der Waals surface area contributed by atoms with Crippen LogP contribution in [0.2, 0.25) is 0 Å². The number of thiophene rings is 1. The normalized spacial score (nSPS) is 16.0. The molecule has 0 aromatic carbocycles. The van der Waals surface area contributed by atoms with Gasteiger partial charge in [-0.05, 0) is 24.3 Å². The summed E-state index contributed by atoms with van der Waals surface area (Å²) in [4.78, 5) is 0. The summed E-state index contributed by atoms with van der Waals surface area (Å²) in [5, 5.41) is 10.9. The number of rotatable bonds is 2. The number of nitrogens with zero attached hydrogens (tertiary/aromatic N) is 3. The summed E-state index contributed by atoms with van der Waals surface area (Å²) >= 11 is 1.54. The van der Waals surface area contributed by atoms with Crippen molar-refractivity contribution in [1.29, 1.82) is 0 Å². The van der Waals surface area contributed by atoms with Gasteiger partial charge in [-0.1, -0.05) is 0 Å². The molecular formula is C9H10N4S. The molecule has 0 spiro atoms. The summed E-state index contributed by atoms with van der Waals surface area (Å²) in [6.07, 6.45) is 4.26. The first kappa shape index (κ1) is 7.99. The fourth-order valence-corrected chi connectivity index (χ4v) is 2.20. The summed E-state index contributed by atoms with van der Waals surface area (Å²) < 4.78 is 2.12. The monoisotopic (exact) mass is 206 g/mol. The third-order valence-corrected chi connectivity index (χ3v) is 3.20. The van der Waals surface area contributed by atoms with E-state index in [4.69, 9.17) is 5.73 Å². The highest BCUT2D eigenvalue weighted by atomic mass is 32.1. The maximum Gasteiger partial charge on any atom is 0.166 e. The third-order valence-electron chi connectivity index (χ3n) is 2.45. The third kappa shape index (κ3) is 1.13. The fourth-order valence-electron chi connectivity index (χ4n) is 1.56. The van der Waals surface area contributed by atoms with Crippen LogP contribution in [0.1, 0.15) is 18.9 Å². The van der Waals surface area contributed by atoms with Crippen LogP contribution in [0.5, 0.6) is 0 Å². The van der Waals surface area contributed by atoms with Crippen molar-refractivity contribution < 1.29 is 0 Å². The minimum Gasteiger partial charge on any atom is -0.390 e. The molecule has 1 aliphatic carbocycles. The highest BCUT2D eigenvalue weighted by molar-refractivity contribution is 7.14. The van der Waals surface area contributed by atoms with E-state index in [0.29, 0.717) is 6.04 Å². The van der Waals surface area contributed by atoms with Crippen molar-refractivity contribution >= 4 is 16.3 Å². The number of hydrogen-bond donors (Lipinski definition) is 1. The molecule has 2 heterocycles. The van der Waals surface area contributed by atoms with Gasteiger partial charge in [0.05, 0.1) is 10.6 Å². The smallest absolute Gasteiger partial charge is 0.166 e. The van der Waals surface area contributed by atoms with Crippen molar-refractivity contribution in [2.75, 3.05) is 5.73 Å². The topological polar surface area (TPSA) is 56.7 Å². The Bertz CT molecular complexity index is 455. The molecule has 1 saturated carbocycles. The van der Waals surface area contributed by atoms with E-state index in [2.05, 4.69) is 14.8 Å². The van der Waals surface area contributed by atoms with Gasteiger partial charge in [-0.3, -0.25) is 0 Å². The second-order valence-electron chi connectivity index (χ2n) is 3.49. The van der Waals surface area contributed by atoms with Gasteiger partial charge in [-0.25, -0.2) is 0 Å². The average Bonchev–Trinajstić information content (AvgIpc) is 2.75. The zero-order valence-corrected chi connectivity index (χ0v) is 8.37. The van der Waals surface area contributed by atoms with Crippen LogP contribution in [0.15, 0.2) is 17.8 Å². The molecule has 2 aromatic heterocycles. The molecular weight excluding hydrogens is 196 g/mol. The average molecular weight is 206 g/mol. The van der Waals surface area contributed by atoms with Crippen molar-refractivity contribution in [2.24, 2.45) is 0 Å². The highest BCUT2D eigenvalue weighted by Crippen LogP contribution is 2.39. The Labute approximate surface area is 85.4 Å². The zero-order valence-electron chi connectivity index (χ0n) is 7.55. The lowest BCUT2D eigenvalue weighted by Crippen LogP contribution is -1.96. The maximum absolute atomic E-state index is 5.86. The summed E-state index contributed by atoms with van der Waals surface area (Å²) in [6.45, 7) is 0. The number of anilines is 1. The molecule has 0 aliphatic heterocycles. The molecule has 1 fully saturated rings. The van der Waals surface area contributed by atoms with Crippen molar-refractivity contribution in [2.45, 2.75) is 18.9 Å². The Balaban J connectivity index is 2.11. The first-order valence-electron chi connectivity index (χ1n) is 4.59. The number of hydrogen-bond acceptors (Lipinski definition) is 4. The van der Waals surface area contributed by atoms with Crippen molar-refractivity contribution in [3.05, 3.63) is 17.8 Å². The van der Waals surface area contributed by atoms with E-state index in [0.717, 1.165) is 16.4 Å². The first-order valence-corrected chi connectivity index (χ1v) is 5.47. The SMILES string of the molecule is Nc1sccc1-c1nncn1C1CC1. The van der Waals surface area contributed by atoms with E-state index >= 15 is 0 Å². The summed E-state index contributed by atoms with van der Waals surface area (Å²) in [7, 11) is 0. The van der Waals surface area contributed by atoms with E-state index in [1.807, 2.05) is 11.4 Å². The summed E-state index contributed by atoms with van der Waals surface area (Å²) in [6, 6.07) is 2.60. The van der Waals surface area contributed by atoms with Gasteiger partial charge in [0, 0.05) is 6.04 Å². The van der Waals surface area contributed by atoms with Crippen molar-refractivity contribution in [3.8, 4) is 11.4 Å². The number of nitrogens with two attached hydrogens (primary N) is 1. The van der Waals surface area contributed by atoms with E-state index in [1.54, 1.807) is 17.7 Å². The largest absolute Gasteiger partial charge is 0.390 e. The summed E-state index contributed by atoms with van der Waals surface area (Å²) in [5.41, 5.74) is 6.87. The van der Waals surface area contributed by atoms with Crippen LogP contribution < -0.4 is 5.73 Å². The Morgan fingerprint density at radius 3 is 3.00 bits per heavy atom. The summed E-state index contributed by atoms with van der Waals surface area (Å²) in [5.74, 6) is 0.909. The molecule has 3 rings (SSSR count). The lowest BCUT2D eigenvalue weighted by Gasteiger charge is -2.02. The van der Waals surface area contributed by atoms with Gasteiger partial charge < -0.3 is 10.3 Å². The molecule has 0 unspecified atom stereocenters. The standard InChI is InChI=1S/C9H10N4S/c10-8-7(3-4-14-8)9-12-11-5-13(9)6-1-2-6/h3-6H,1-2,10H2. The molecule has 0 amide bonds. The van der Waals surface area contributed by atoms with Gasteiger partial charge in [-0.15, -0.1) is 21.5 Å². The Kier molecular flexibility index (Phi) is 1.61. The molecule has 1 aliphatic rings. The van der Waals surface area contributed by atoms with Crippen molar-refractivity contribution in [1.82, 2.24) is 14.8 Å². The van der Waals surface area contributed by atoms with E-state index in [1.165, 1.54) is 12.8 Å².